The zero-order valence-corrected chi connectivity index (χ0v) is 17.5. The van der Waals surface area contributed by atoms with Crippen LogP contribution < -0.4 is 10.2 Å². The van der Waals surface area contributed by atoms with E-state index < -0.39 is 0 Å². The van der Waals surface area contributed by atoms with Crippen molar-refractivity contribution >= 4 is 23.1 Å². The van der Waals surface area contributed by atoms with E-state index in [0.29, 0.717) is 17.4 Å². The fourth-order valence-electron chi connectivity index (χ4n) is 4.05. The van der Waals surface area contributed by atoms with Gasteiger partial charge in [-0.1, -0.05) is 13.8 Å². The molecular formula is C23H31N5O. The highest BCUT2D eigenvalue weighted by molar-refractivity contribution is 5.92. The van der Waals surface area contributed by atoms with Gasteiger partial charge >= 0.3 is 0 Å². The molecule has 1 N–H and O–H groups in total. The Morgan fingerprint density at radius 1 is 0.897 bits per heavy atom. The van der Waals surface area contributed by atoms with Gasteiger partial charge in [0.1, 0.15) is 11.5 Å². The van der Waals surface area contributed by atoms with Crippen LogP contribution in [0.1, 0.15) is 50.0 Å². The van der Waals surface area contributed by atoms with Crippen molar-refractivity contribution < 1.29 is 4.79 Å². The van der Waals surface area contributed by atoms with Crippen molar-refractivity contribution in [1.82, 2.24) is 14.9 Å². The summed E-state index contributed by atoms with van der Waals surface area (Å²) in [6.45, 7) is 8.45. The number of carbonyl (C=O) groups excluding carboxylic acids is 1. The van der Waals surface area contributed by atoms with Gasteiger partial charge in [-0.2, -0.15) is 0 Å². The number of piperidine rings is 2. The second kappa shape index (κ2) is 8.80. The molecule has 4 rings (SSSR count). The smallest absolute Gasteiger partial charge is 0.274 e. The van der Waals surface area contributed by atoms with Crippen LogP contribution in [0.3, 0.4) is 0 Å². The summed E-state index contributed by atoms with van der Waals surface area (Å²) >= 11 is 0. The average Bonchev–Trinajstić information content (AvgIpc) is 2.76. The minimum absolute atomic E-state index is 0.0175. The molecular weight excluding hydrogens is 362 g/mol. The number of likely N-dealkylation sites (tertiary alicyclic amines) is 1. The van der Waals surface area contributed by atoms with Crippen LogP contribution in [0, 0.1) is 11.8 Å². The predicted molar refractivity (Wildman–Crippen MR) is 117 cm³/mol. The van der Waals surface area contributed by atoms with E-state index in [1.54, 1.807) is 12.4 Å². The molecule has 6 heteroatoms. The third kappa shape index (κ3) is 4.86. The maximum Gasteiger partial charge on any atom is 0.274 e. The van der Waals surface area contributed by atoms with E-state index in [2.05, 4.69) is 58.3 Å². The second-order valence-electron chi connectivity index (χ2n) is 8.60. The number of rotatable bonds is 4. The van der Waals surface area contributed by atoms with Gasteiger partial charge in [0.05, 0.1) is 12.4 Å². The molecule has 2 aliphatic rings. The van der Waals surface area contributed by atoms with Gasteiger partial charge in [-0.05, 0) is 61.8 Å². The Balaban J connectivity index is 1.34. The number of benzene rings is 1. The SMILES string of the molecule is CC1CCN(C(=O)c2cnc(Nc3ccc(N4CCC(C)CC4)cc3)cn2)CC1. The first-order valence-electron chi connectivity index (χ1n) is 10.8. The van der Waals surface area contributed by atoms with E-state index in [1.807, 2.05) is 4.90 Å². The van der Waals surface area contributed by atoms with Crippen LogP contribution in [0.5, 0.6) is 0 Å². The molecule has 1 amide bonds. The van der Waals surface area contributed by atoms with Gasteiger partial charge in [-0.25, -0.2) is 9.97 Å². The van der Waals surface area contributed by atoms with Crippen molar-refractivity contribution in [3.8, 4) is 0 Å². The number of nitrogens with zero attached hydrogens (tertiary/aromatic N) is 4. The number of amides is 1. The second-order valence-corrected chi connectivity index (χ2v) is 8.60. The quantitative estimate of drug-likeness (QED) is 0.838. The first kappa shape index (κ1) is 19.7. The van der Waals surface area contributed by atoms with Crippen LogP contribution in [0.4, 0.5) is 17.2 Å². The number of nitrogens with one attached hydrogen (secondary N) is 1. The molecule has 6 nitrogen and oxygen atoms in total. The zero-order chi connectivity index (χ0) is 20.2. The molecule has 1 aromatic carbocycles. The van der Waals surface area contributed by atoms with Crippen LogP contribution in [0.2, 0.25) is 0 Å². The third-order valence-corrected chi connectivity index (χ3v) is 6.23. The Morgan fingerprint density at radius 3 is 2.10 bits per heavy atom. The molecule has 3 heterocycles. The van der Waals surface area contributed by atoms with Crippen molar-refractivity contribution in [2.75, 3.05) is 36.4 Å². The highest BCUT2D eigenvalue weighted by atomic mass is 16.2. The maximum atomic E-state index is 12.6. The highest BCUT2D eigenvalue weighted by Gasteiger charge is 2.22. The van der Waals surface area contributed by atoms with Crippen LogP contribution in [0.15, 0.2) is 36.7 Å². The summed E-state index contributed by atoms with van der Waals surface area (Å²) in [6.07, 6.45) is 7.86. The van der Waals surface area contributed by atoms with Gasteiger partial charge in [-0.3, -0.25) is 4.79 Å². The van der Waals surface area contributed by atoms with Gasteiger partial charge < -0.3 is 15.1 Å². The summed E-state index contributed by atoms with van der Waals surface area (Å²) in [5.41, 5.74) is 2.66. The molecule has 1 aromatic heterocycles. The number of carbonyl (C=O) groups is 1. The molecule has 0 spiro atoms. The molecule has 154 valence electrons. The fourth-order valence-corrected chi connectivity index (χ4v) is 4.05. The van der Waals surface area contributed by atoms with Crippen molar-refractivity contribution in [2.24, 2.45) is 11.8 Å². The molecule has 0 saturated carbocycles. The molecule has 2 aromatic rings. The summed E-state index contributed by atoms with van der Waals surface area (Å²) in [6, 6.07) is 8.45. The number of aromatic nitrogens is 2. The number of hydrogen-bond donors (Lipinski definition) is 1. The molecule has 2 saturated heterocycles. The lowest BCUT2D eigenvalue weighted by Gasteiger charge is -2.32. The molecule has 0 unspecified atom stereocenters. The van der Waals surface area contributed by atoms with E-state index in [0.717, 1.165) is 50.6 Å². The Bertz CT molecular complexity index is 804. The van der Waals surface area contributed by atoms with Crippen molar-refractivity contribution in [3.05, 3.63) is 42.4 Å². The van der Waals surface area contributed by atoms with Crippen molar-refractivity contribution in [1.29, 1.82) is 0 Å². The topological polar surface area (TPSA) is 61.4 Å². The molecule has 29 heavy (non-hydrogen) atoms. The van der Waals surface area contributed by atoms with Gasteiger partial charge in [0.2, 0.25) is 0 Å². The Kier molecular flexibility index (Phi) is 5.97. The van der Waals surface area contributed by atoms with Crippen molar-refractivity contribution in [2.45, 2.75) is 39.5 Å². The largest absolute Gasteiger partial charge is 0.372 e. The molecule has 2 aliphatic heterocycles. The summed E-state index contributed by atoms with van der Waals surface area (Å²) in [7, 11) is 0. The molecule has 0 bridgehead atoms. The molecule has 0 aliphatic carbocycles. The van der Waals surface area contributed by atoms with E-state index in [9.17, 15) is 4.79 Å². The first-order chi connectivity index (χ1) is 14.1. The zero-order valence-electron chi connectivity index (χ0n) is 17.5. The van der Waals surface area contributed by atoms with Crippen LogP contribution in [-0.4, -0.2) is 47.0 Å². The van der Waals surface area contributed by atoms with Gasteiger partial charge in [-0.15, -0.1) is 0 Å². The lowest BCUT2D eigenvalue weighted by molar-refractivity contribution is 0.0691. The first-order valence-corrected chi connectivity index (χ1v) is 10.8. The normalized spacial score (nSPS) is 18.7. The Morgan fingerprint density at radius 2 is 1.52 bits per heavy atom. The summed E-state index contributed by atoms with van der Waals surface area (Å²) in [5.74, 6) is 2.16. The molecule has 2 fully saturated rings. The van der Waals surface area contributed by atoms with Crippen molar-refractivity contribution in [3.63, 3.8) is 0 Å². The van der Waals surface area contributed by atoms with Crippen LogP contribution in [0.25, 0.3) is 0 Å². The Hall–Kier alpha value is -2.63. The number of hydrogen-bond acceptors (Lipinski definition) is 5. The number of anilines is 3. The fraction of sp³-hybridized carbons (Fsp3) is 0.522. The minimum Gasteiger partial charge on any atom is -0.372 e. The third-order valence-electron chi connectivity index (χ3n) is 6.23. The minimum atomic E-state index is -0.0175. The summed E-state index contributed by atoms with van der Waals surface area (Å²) in [4.78, 5) is 25.7. The Labute approximate surface area is 173 Å². The molecule has 0 radical (unpaired) electrons. The highest BCUT2D eigenvalue weighted by Crippen LogP contribution is 2.25. The summed E-state index contributed by atoms with van der Waals surface area (Å²) < 4.78 is 0. The lowest BCUT2D eigenvalue weighted by Crippen LogP contribution is -2.38. The van der Waals surface area contributed by atoms with Crippen LogP contribution in [-0.2, 0) is 0 Å². The monoisotopic (exact) mass is 393 g/mol. The average molecular weight is 394 g/mol. The van der Waals surface area contributed by atoms with E-state index in [-0.39, 0.29) is 5.91 Å². The summed E-state index contributed by atoms with van der Waals surface area (Å²) in [5, 5.41) is 3.28. The maximum absolute atomic E-state index is 12.6. The predicted octanol–water partition coefficient (Wildman–Crippen LogP) is 4.33. The van der Waals surface area contributed by atoms with Gasteiger partial charge in [0.25, 0.3) is 5.91 Å². The standard InChI is InChI=1S/C23H31N5O/c1-17-7-11-27(12-8-17)20-5-3-19(4-6-20)26-22-16-24-21(15-25-22)23(29)28-13-9-18(2)10-14-28/h3-6,15-18H,7-14H2,1-2H3,(H,25,26). The van der Waals surface area contributed by atoms with E-state index in [1.165, 1.54) is 18.5 Å². The van der Waals surface area contributed by atoms with E-state index >= 15 is 0 Å². The molecule has 0 atom stereocenters. The van der Waals surface area contributed by atoms with Gasteiger partial charge in [0.15, 0.2) is 0 Å². The lowest BCUT2D eigenvalue weighted by atomic mass is 9.99. The van der Waals surface area contributed by atoms with Gasteiger partial charge in [0, 0.05) is 37.6 Å². The van der Waals surface area contributed by atoms with E-state index in [4.69, 9.17) is 0 Å². The van der Waals surface area contributed by atoms with Crippen LogP contribution >= 0.6 is 0 Å².